The van der Waals surface area contributed by atoms with Gasteiger partial charge in [-0.3, -0.25) is 9.69 Å². The van der Waals surface area contributed by atoms with Crippen molar-refractivity contribution in [1.29, 1.82) is 0 Å². The molecule has 0 saturated carbocycles. The maximum atomic E-state index is 13.4. The van der Waals surface area contributed by atoms with Crippen molar-refractivity contribution in [3.63, 3.8) is 0 Å². The molecule has 2 fully saturated rings. The molecule has 0 N–H and O–H groups in total. The van der Waals surface area contributed by atoms with Gasteiger partial charge in [-0.1, -0.05) is 24.3 Å². The number of ether oxygens (including phenoxy) is 1. The predicted molar refractivity (Wildman–Crippen MR) is 106 cm³/mol. The molecular weight excluding hydrogens is 374 g/mol. The van der Waals surface area contributed by atoms with Crippen LogP contribution in [0.15, 0.2) is 48.5 Å². The minimum absolute atomic E-state index is 0.0697. The first-order chi connectivity index (χ1) is 14.1. The zero-order valence-corrected chi connectivity index (χ0v) is 16.4. The van der Waals surface area contributed by atoms with E-state index in [-0.39, 0.29) is 29.5 Å². The van der Waals surface area contributed by atoms with E-state index in [2.05, 4.69) is 4.90 Å². The Kier molecular flexibility index (Phi) is 6.21. The van der Waals surface area contributed by atoms with Gasteiger partial charge in [-0.15, -0.1) is 0 Å². The van der Waals surface area contributed by atoms with E-state index in [1.165, 1.54) is 24.3 Å². The summed E-state index contributed by atoms with van der Waals surface area (Å²) in [5, 5.41) is 0. The molecule has 2 saturated heterocycles. The van der Waals surface area contributed by atoms with Crippen LogP contribution in [0.3, 0.4) is 0 Å². The second-order valence-electron chi connectivity index (χ2n) is 7.75. The molecule has 29 heavy (non-hydrogen) atoms. The molecule has 0 radical (unpaired) electrons. The molecule has 1 amide bonds. The molecule has 4 rings (SSSR count). The van der Waals surface area contributed by atoms with Crippen molar-refractivity contribution in [2.45, 2.75) is 18.9 Å². The zero-order chi connectivity index (χ0) is 20.2. The number of nitrogens with zero attached hydrogens (tertiary/aromatic N) is 2. The molecule has 2 heterocycles. The number of benzene rings is 2. The minimum Gasteiger partial charge on any atom is -0.381 e. The maximum absolute atomic E-state index is 13.4. The van der Waals surface area contributed by atoms with Gasteiger partial charge in [0.2, 0.25) is 5.91 Å². The monoisotopic (exact) mass is 400 g/mol. The van der Waals surface area contributed by atoms with Crippen LogP contribution >= 0.6 is 0 Å². The molecule has 6 heteroatoms. The van der Waals surface area contributed by atoms with Gasteiger partial charge >= 0.3 is 0 Å². The highest BCUT2D eigenvalue weighted by Gasteiger charge is 2.31. The van der Waals surface area contributed by atoms with E-state index in [0.29, 0.717) is 39.4 Å². The van der Waals surface area contributed by atoms with E-state index >= 15 is 0 Å². The number of hydrogen-bond donors (Lipinski definition) is 0. The van der Waals surface area contributed by atoms with Crippen molar-refractivity contribution >= 4 is 5.91 Å². The van der Waals surface area contributed by atoms with Crippen molar-refractivity contribution in [3.05, 3.63) is 71.3 Å². The molecule has 2 aromatic carbocycles. The van der Waals surface area contributed by atoms with Crippen molar-refractivity contribution in [2.24, 2.45) is 5.92 Å². The lowest BCUT2D eigenvalue weighted by molar-refractivity contribution is -0.140. The zero-order valence-electron chi connectivity index (χ0n) is 16.4. The standard InChI is InChI=1S/C23H26F2N2O2/c24-20-5-1-17(2-6-20)22(18-3-7-21(25)8-4-18)26-11-13-27(14-12-26)23(28)19-9-15-29-16-10-19/h1-8,19,22H,9-16H2. The van der Waals surface area contributed by atoms with E-state index in [1.807, 2.05) is 4.90 Å². The van der Waals surface area contributed by atoms with Crippen LogP contribution in [0.25, 0.3) is 0 Å². The number of rotatable bonds is 4. The highest BCUT2D eigenvalue weighted by Crippen LogP contribution is 2.30. The van der Waals surface area contributed by atoms with Gasteiger partial charge in [-0.25, -0.2) is 8.78 Å². The average molecular weight is 400 g/mol. The third-order valence-corrected chi connectivity index (χ3v) is 5.93. The number of amides is 1. The van der Waals surface area contributed by atoms with E-state index in [1.54, 1.807) is 24.3 Å². The van der Waals surface area contributed by atoms with Crippen LogP contribution < -0.4 is 0 Å². The van der Waals surface area contributed by atoms with Crippen LogP contribution in [0.4, 0.5) is 8.78 Å². The van der Waals surface area contributed by atoms with Gasteiger partial charge < -0.3 is 9.64 Å². The van der Waals surface area contributed by atoms with Crippen LogP contribution in [0.1, 0.15) is 30.0 Å². The highest BCUT2D eigenvalue weighted by molar-refractivity contribution is 5.79. The molecule has 2 aromatic rings. The van der Waals surface area contributed by atoms with Gasteiger partial charge in [0, 0.05) is 45.3 Å². The second kappa shape index (κ2) is 9.01. The minimum atomic E-state index is -0.279. The molecule has 0 bridgehead atoms. The fraction of sp³-hybridized carbons (Fsp3) is 0.435. The molecule has 0 spiro atoms. The quantitative estimate of drug-likeness (QED) is 0.786. The van der Waals surface area contributed by atoms with Crippen LogP contribution in [-0.2, 0) is 9.53 Å². The topological polar surface area (TPSA) is 32.8 Å². The largest absolute Gasteiger partial charge is 0.381 e. The van der Waals surface area contributed by atoms with E-state index in [9.17, 15) is 13.6 Å². The van der Waals surface area contributed by atoms with Crippen LogP contribution in [0, 0.1) is 17.6 Å². The van der Waals surface area contributed by atoms with E-state index in [4.69, 9.17) is 4.74 Å². The Morgan fingerprint density at radius 3 is 1.79 bits per heavy atom. The number of hydrogen-bond acceptors (Lipinski definition) is 3. The highest BCUT2D eigenvalue weighted by atomic mass is 19.1. The van der Waals surface area contributed by atoms with Gasteiger partial charge in [-0.2, -0.15) is 0 Å². The Morgan fingerprint density at radius 1 is 0.828 bits per heavy atom. The maximum Gasteiger partial charge on any atom is 0.225 e. The number of carbonyl (C=O) groups excluding carboxylic acids is 1. The summed E-state index contributed by atoms with van der Waals surface area (Å²) in [6.45, 7) is 4.08. The Morgan fingerprint density at radius 2 is 1.31 bits per heavy atom. The lowest BCUT2D eigenvalue weighted by Crippen LogP contribution is -2.51. The van der Waals surface area contributed by atoms with Crippen molar-refractivity contribution < 1.29 is 18.3 Å². The van der Waals surface area contributed by atoms with Crippen LogP contribution in [0.2, 0.25) is 0 Å². The van der Waals surface area contributed by atoms with Gasteiger partial charge in [0.1, 0.15) is 11.6 Å². The Bertz CT molecular complexity index is 766. The van der Waals surface area contributed by atoms with Crippen LogP contribution in [0.5, 0.6) is 0 Å². The average Bonchev–Trinajstić information content (AvgIpc) is 2.77. The summed E-state index contributed by atoms with van der Waals surface area (Å²) in [5.74, 6) is -0.259. The molecule has 154 valence electrons. The normalized spacial score (nSPS) is 18.9. The number of halogens is 2. The van der Waals surface area contributed by atoms with Gasteiger partial charge in [-0.05, 0) is 48.2 Å². The number of piperazine rings is 1. The molecule has 2 aliphatic heterocycles. The van der Waals surface area contributed by atoms with Crippen molar-refractivity contribution in [2.75, 3.05) is 39.4 Å². The Hall–Kier alpha value is -2.31. The molecule has 0 unspecified atom stereocenters. The smallest absolute Gasteiger partial charge is 0.225 e. The Labute approximate surface area is 170 Å². The third-order valence-electron chi connectivity index (χ3n) is 5.93. The molecule has 0 aliphatic carbocycles. The molecule has 0 atom stereocenters. The summed E-state index contributed by atoms with van der Waals surface area (Å²) in [6, 6.07) is 12.8. The van der Waals surface area contributed by atoms with Crippen molar-refractivity contribution in [3.8, 4) is 0 Å². The first-order valence-corrected chi connectivity index (χ1v) is 10.2. The Balaban J connectivity index is 1.49. The first-order valence-electron chi connectivity index (χ1n) is 10.2. The number of carbonyl (C=O) groups is 1. The molecule has 2 aliphatic rings. The summed E-state index contributed by atoms with van der Waals surface area (Å²) in [6.07, 6.45) is 1.60. The van der Waals surface area contributed by atoms with Crippen molar-refractivity contribution in [1.82, 2.24) is 9.80 Å². The lowest BCUT2D eigenvalue weighted by Gasteiger charge is -2.41. The molecular formula is C23H26F2N2O2. The lowest BCUT2D eigenvalue weighted by atomic mass is 9.95. The predicted octanol–water partition coefficient (Wildman–Crippen LogP) is 3.63. The molecule has 0 aromatic heterocycles. The van der Waals surface area contributed by atoms with Crippen LogP contribution in [-0.4, -0.2) is 55.1 Å². The second-order valence-corrected chi connectivity index (χ2v) is 7.75. The summed E-state index contributed by atoms with van der Waals surface area (Å²) in [7, 11) is 0. The fourth-order valence-corrected chi connectivity index (χ4v) is 4.31. The summed E-state index contributed by atoms with van der Waals surface area (Å²) in [5.41, 5.74) is 1.92. The fourth-order valence-electron chi connectivity index (χ4n) is 4.31. The van der Waals surface area contributed by atoms with Gasteiger partial charge in [0.25, 0.3) is 0 Å². The third kappa shape index (κ3) is 4.65. The van der Waals surface area contributed by atoms with Gasteiger partial charge in [0.05, 0.1) is 6.04 Å². The first kappa shape index (κ1) is 20.0. The summed E-state index contributed by atoms with van der Waals surface area (Å²) >= 11 is 0. The van der Waals surface area contributed by atoms with E-state index in [0.717, 1.165) is 24.0 Å². The molecule has 4 nitrogen and oxygen atoms in total. The summed E-state index contributed by atoms with van der Waals surface area (Å²) in [4.78, 5) is 17.1. The van der Waals surface area contributed by atoms with E-state index < -0.39 is 0 Å². The summed E-state index contributed by atoms with van der Waals surface area (Å²) < 4.78 is 32.3. The SMILES string of the molecule is O=C(C1CCOCC1)N1CCN(C(c2ccc(F)cc2)c2ccc(F)cc2)CC1. The van der Waals surface area contributed by atoms with Gasteiger partial charge in [0.15, 0.2) is 0 Å².